The molecule has 7 heteroatoms. The lowest BCUT2D eigenvalue weighted by molar-refractivity contribution is -0.00905. The molecule has 0 spiro atoms. The zero-order valence-corrected chi connectivity index (χ0v) is 15.7. The molecule has 0 unspecified atom stereocenters. The minimum Gasteiger partial charge on any atom is -0.379 e. The van der Waals surface area contributed by atoms with Gasteiger partial charge in [0.15, 0.2) is 0 Å². The Kier molecular flexibility index (Phi) is 5.98. The van der Waals surface area contributed by atoms with E-state index in [1.807, 2.05) is 15.9 Å². The highest BCUT2D eigenvalue weighted by Crippen LogP contribution is 2.20. The third kappa shape index (κ3) is 4.45. The van der Waals surface area contributed by atoms with Crippen molar-refractivity contribution >= 4 is 11.7 Å². The number of hydrogen-bond acceptors (Lipinski definition) is 4. The van der Waals surface area contributed by atoms with Crippen molar-refractivity contribution < 1.29 is 13.9 Å². The largest absolute Gasteiger partial charge is 0.379 e. The van der Waals surface area contributed by atoms with Crippen molar-refractivity contribution in [1.29, 1.82) is 0 Å². The van der Waals surface area contributed by atoms with E-state index in [1.165, 1.54) is 6.07 Å². The van der Waals surface area contributed by atoms with Gasteiger partial charge in [-0.05, 0) is 26.0 Å². The van der Waals surface area contributed by atoms with Crippen molar-refractivity contribution in [3.05, 3.63) is 30.1 Å². The average molecular weight is 364 g/mol. The van der Waals surface area contributed by atoms with E-state index >= 15 is 0 Å². The molecule has 26 heavy (non-hydrogen) atoms. The Balaban J connectivity index is 1.47. The number of nitrogens with one attached hydrogen (secondary N) is 1. The summed E-state index contributed by atoms with van der Waals surface area (Å²) in [4.78, 5) is 18.7. The van der Waals surface area contributed by atoms with Crippen molar-refractivity contribution in [3.8, 4) is 0 Å². The Morgan fingerprint density at radius 3 is 2.42 bits per heavy atom. The van der Waals surface area contributed by atoms with Gasteiger partial charge in [-0.2, -0.15) is 0 Å². The first-order chi connectivity index (χ1) is 12.5. The van der Waals surface area contributed by atoms with E-state index in [-0.39, 0.29) is 17.4 Å². The molecule has 0 aromatic heterocycles. The molecule has 0 saturated carbocycles. The molecule has 3 rings (SSSR count). The Bertz CT molecular complexity index is 611. The molecule has 2 fully saturated rings. The summed E-state index contributed by atoms with van der Waals surface area (Å²) in [6, 6.07) is 6.75. The number of piperazine rings is 1. The van der Waals surface area contributed by atoms with Gasteiger partial charge >= 0.3 is 6.03 Å². The van der Waals surface area contributed by atoms with E-state index in [0.717, 1.165) is 26.3 Å². The fourth-order valence-electron chi connectivity index (χ4n) is 3.54. The van der Waals surface area contributed by atoms with Crippen LogP contribution in [-0.2, 0) is 4.74 Å². The second kappa shape index (κ2) is 8.22. The molecule has 2 saturated heterocycles. The molecule has 144 valence electrons. The number of para-hydroxylation sites is 1. The summed E-state index contributed by atoms with van der Waals surface area (Å²) in [6.45, 7) is 10.6. The van der Waals surface area contributed by atoms with Crippen LogP contribution in [-0.4, -0.2) is 80.4 Å². The highest BCUT2D eigenvalue weighted by atomic mass is 19.1. The van der Waals surface area contributed by atoms with Gasteiger partial charge < -0.3 is 19.9 Å². The quantitative estimate of drug-likeness (QED) is 0.885. The third-order valence-electron chi connectivity index (χ3n) is 5.30. The highest BCUT2D eigenvalue weighted by Gasteiger charge is 2.30. The van der Waals surface area contributed by atoms with E-state index in [2.05, 4.69) is 24.1 Å². The zero-order valence-electron chi connectivity index (χ0n) is 15.7. The van der Waals surface area contributed by atoms with Crippen LogP contribution >= 0.6 is 0 Å². The summed E-state index contributed by atoms with van der Waals surface area (Å²) >= 11 is 0. The number of amides is 2. The summed E-state index contributed by atoms with van der Waals surface area (Å²) < 4.78 is 19.3. The third-order valence-corrected chi connectivity index (χ3v) is 5.30. The number of nitrogens with zero attached hydrogens (tertiary/aromatic N) is 3. The van der Waals surface area contributed by atoms with Gasteiger partial charge in [-0.3, -0.25) is 4.90 Å². The first-order valence-corrected chi connectivity index (χ1v) is 9.32. The van der Waals surface area contributed by atoms with E-state index in [9.17, 15) is 9.18 Å². The van der Waals surface area contributed by atoms with Crippen molar-refractivity contribution in [2.45, 2.75) is 19.4 Å². The predicted molar refractivity (Wildman–Crippen MR) is 100 cm³/mol. The fraction of sp³-hybridized carbons (Fsp3) is 0.632. The van der Waals surface area contributed by atoms with Crippen molar-refractivity contribution in [2.75, 3.05) is 63.9 Å². The van der Waals surface area contributed by atoms with Gasteiger partial charge in [0.2, 0.25) is 0 Å². The number of anilines is 1. The number of ether oxygens (including phenoxy) is 1. The Morgan fingerprint density at radius 1 is 1.12 bits per heavy atom. The number of benzene rings is 1. The number of rotatable bonds is 4. The lowest BCUT2D eigenvalue weighted by Crippen LogP contribution is -2.58. The van der Waals surface area contributed by atoms with Crippen LogP contribution in [0.1, 0.15) is 13.8 Å². The minimum absolute atomic E-state index is 0.0421. The molecule has 2 heterocycles. The summed E-state index contributed by atoms with van der Waals surface area (Å²) in [7, 11) is 0. The smallest absolute Gasteiger partial charge is 0.317 e. The van der Waals surface area contributed by atoms with Crippen LogP contribution < -0.4 is 10.2 Å². The zero-order chi connectivity index (χ0) is 18.6. The first-order valence-electron chi connectivity index (χ1n) is 9.32. The summed E-state index contributed by atoms with van der Waals surface area (Å²) in [5.74, 6) is -0.210. The van der Waals surface area contributed by atoms with Crippen LogP contribution in [0.5, 0.6) is 0 Å². The summed E-state index contributed by atoms with van der Waals surface area (Å²) in [6.07, 6.45) is 0. The Labute approximate surface area is 154 Å². The van der Waals surface area contributed by atoms with Gasteiger partial charge in [-0.1, -0.05) is 12.1 Å². The molecule has 2 aliphatic rings. The Hall–Kier alpha value is -1.86. The van der Waals surface area contributed by atoms with E-state index in [4.69, 9.17) is 4.74 Å². The van der Waals surface area contributed by atoms with Crippen LogP contribution in [0.3, 0.4) is 0 Å². The fourth-order valence-corrected chi connectivity index (χ4v) is 3.54. The standard InChI is InChI=1S/C19H29FN4O2/c1-19(2,24-11-13-26-14-12-24)15-21-18(25)23-9-7-22(8-10-23)17-6-4-3-5-16(17)20/h3-6H,7-15H2,1-2H3,(H,21,25). The Morgan fingerprint density at radius 2 is 1.77 bits per heavy atom. The number of halogens is 1. The second-order valence-electron chi connectivity index (χ2n) is 7.50. The second-order valence-corrected chi connectivity index (χ2v) is 7.50. The van der Waals surface area contributed by atoms with Gasteiger partial charge in [-0.15, -0.1) is 0 Å². The van der Waals surface area contributed by atoms with Crippen LogP contribution in [0.2, 0.25) is 0 Å². The molecule has 1 N–H and O–H groups in total. The molecule has 1 aromatic rings. The monoisotopic (exact) mass is 364 g/mol. The average Bonchev–Trinajstić information content (AvgIpc) is 2.67. The number of carbonyl (C=O) groups is 1. The first kappa shape index (κ1) is 18.9. The van der Waals surface area contributed by atoms with Crippen molar-refractivity contribution in [1.82, 2.24) is 15.1 Å². The van der Waals surface area contributed by atoms with Crippen LogP contribution in [0, 0.1) is 5.82 Å². The molecule has 1 aromatic carbocycles. The van der Waals surface area contributed by atoms with Crippen molar-refractivity contribution in [3.63, 3.8) is 0 Å². The molecular weight excluding hydrogens is 335 g/mol. The van der Waals surface area contributed by atoms with Gasteiger partial charge in [-0.25, -0.2) is 9.18 Å². The molecule has 2 amide bonds. The number of carbonyl (C=O) groups excluding carboxylic acids is 1. The molecule has 0 bridgehead atoms. The number of urea groups is 1. The lowest BCUT2D eigenvalue weighted by atomic mass is 10.0. The van der Waals surface area contributed by atoms with Crippen LogP contribution in [0.15, 0.2) is 24.3 Å². The van der Waals surface area contributed by atoms with Crippen LogP contribution in [0.25, 0.3) is 0 Å². The topological polar surface area (TPSA) is 48.1 Å². The molecular formula is C19H29FN4O2. The molecule has 0 atom stereocenters. The molecule has 6 nitrogen and oxygen atoms in total. The maximum atomic E-state index is 13.9. The SMILES string of the molecule is CC(C)(CNC(=O)N1CCN(c2ccccc2F)CC1)N1CCOCC1. The summed E-state index contributed by atoms with van der Waals surface area (Å²) in [5, 5.41) is 3.07. The lowest BCUT2D eigenvalue weighted by Gasteiger charge is -2.41. The normalized spacial score (nSPS) is 19.5. The summed E-state index contributed by atoms with van der Waals surface area (Å²) in [5.41, 5.74) is 0.509. The molecule has 0 aliphatic carbocycles. The van der Waals surface area contributed by atoms with Gasteiger partial charge in [0.25, 0.3) is 0 Å². The van der Waals surface area contributed by atoms with E-state index < -0.39 is 0 Å². The van der Waals surface area contributed by atoms with Crippen LogP contribution in [0.4, 0.5) is 14.9 Å². The highest BCUT2D eigenvalue weighted by molar-refractivity contribution is 5.74. The van der Waals surface area contributed by atoms with Crippen molar-refractivity contribution in [2.24, 2.45) is 0 Å². The molecule has 0 radical (unpaired) electrons. The van der Waals surface area contributed by atoms with Gasteiger partial charge in [0.05, 0.1) is 18.9 Å². The van der Waals surface area contributed by atoms with Gasteiger partial charge in [0.1, 0.15) is 5.82 Å². The number of hydrogen-bond donors (Lipinski definition) is 1. The maximum Gasteiger partial charge on any atom is 0.317 e. The predicted octanol–water partition coefficient (Wildman–Crippen LogP) is 1.77. The van der Waals surface area contributed by atoms with E-state index in [1.54, 1.807) is 12.1 Å². The van der Waals surface area contributed by atoms with Gasteiger partial charge in [0, 0.05) is 51.4 Å². The minimum atomic E-state index is -0.210. The molecule has 2 aliphatic heterocycles. The maximum absolute atomic E-state index is 13.9. The number of morpholine rings is 1. The van der Waals surface area contributed by atoms with E-state index in [0.29, 0.717) is 38.4 Å².